The van der Waals surface area contributed by atoms with Gasteiger partial charge in [-0.05, 0) is 37.8 Å². The number of urea groups is 1. The summed E-state index contributed by atoms with van der Waals surface area (Å²) in [4.78, 5) is 12.0. The normalized spacial score (nSPS) is 14.5. The fraction of sp³-hybridized carbons (Fsp3) is 0.438. The number of hydrogen-bond donors (Lipinski definition) is 2. The molecule has 2 aromatic rings. The van der Waals surface area contributed by atoms with E-state index in [1.165, 1.54) is 18.2 Å². The Kier molecular flexibility index (Phi) is 5.25. The summed E-state index contributed by atoms with van der Waals surface area (Å²) in [5, 5.41) is 12.9. The summed E-state index contributed by atoms with van der Waals surface area (Å²) in [5.41, 5.74) is 0.460. The van der Waals surface area contributed by atoms with Crippen molar-refractivity contribution in [1.82, 2.24) is 20.3 Å². The second-order valence-corrected chi connectivity index (χ2v) is 5.71. The third kappa shape index (κ3) is 4.43. The number of carbonyl (C=O) groups is 1. The zero-order valence-electron chi connectivity index (χ0n) is 13.2. The van der Waals surface area contributed by atoms with E-state index in [1.54, 1.807) is 17.1 Å². The molecular formula is C16H20FN5O2. The van der Waals surface area contributed by atoms with Gasteiger partial charge >= 0.3 is 6.03 Å². The van der Waals surface area contributed by atoms with Gasteiger partial charge in [-0.25, -0.2) is 9.18 Å². The van der Waals surface area contributed by atoms with Crippen molar-refractivity contribution in [3.63, 3.8) is 0 Å². The molecule has 2 amide bonds. The maximum absolute atomic E-state index is 13.5. The van der Waals surface area contributed by atoms with Gasteiger partial charge in [-0.15, -0.1) is 5.10 Å². The van der Waals surface area contributed by atoms with Crippen LogP contribution in [0.4, 0.5) is 14.9 Å². The number of hydrogen-bond acceptors (Lipinski definition) is 4. The Bertz CT molecular complexity index is 671. The van der Waals surface area contributed by atoms with E-state index < -0.39 is 0 Å². The van der Waals surface area contributed by atoms with Gasteiger partial charge in [0, 0.05) is 18.8 Å². The highest BCUT2D eigenvalue weighted by molar-refractivity contribution is 5.90. The molecular weight excluding hydrogens is 313 g/mol. The van der Waals surface area contributed by atoms with Crippen LogP contribution in [0.1, 0.15) is 25.7 Å². The van der Waals surface area contributed by atoms with E-state index in [4.69, 9.17) is 4.74 Å². The van der Waals surface area contributed by atoms with Crippen molar-refractivity contribution >= 4 is 11.7 Å². The van der Waals surface area contributed by atoms with Crippen LogP contribution in [-0.4, -0.2) is 33.7 Å². The van der Waals surface area contributed by atoms with Crippen molar-refractivity contribution in [2.24, 2.45) is 0 Å². The van der Waals surface area contributed by atoms with Gasteiger partial charge in [-0.3, -0.25) is 4.68 Å². The summed E-state index contributed by atoms with van der Waals surface area (Å²) in [6, 6.07) is 3.74. The van der Waals surface area contributed by atoms with Crippen LogP contribution in [0.2, 0.25) is 0 Å². The fourth-order valence-electron chi connectivity index (χ4n) is 2.69. The average molecular weight is 333 g/mol. The van der Waals surface area contributed by atoms with Crippen LogP contribution in [0.5, 0.6) is 5.75 Å². The van der Waals surface area contributed by atoms with Crippen molar-refractivity contribution in [3.8, 4) is 5.75 Å². The molecule has 0 unspecified atom stereocenters. The highest BCUT2D eigenvalue weighted by Gasteiger charge is 2.19. The molecule has 0 saturated heterocycles. The molecule has 0 radical (unpaired) electrons. The van der Waals surface area contributed by atoms with Crippen molar-refractivity contribution in [1.29, 1.82) is 0 Å². The van der Waals surface area contributed by atoms with Crippen molar-refractivity contribution in [2.45, 2.75) is 38.3 Å². The second kappa shape index (κ2) is 7.76. The first-order valence-corrected chi connectivity index (χ1v) is 8.06. The molecule has 128 valence electrons. The number of aromatic nitrogens is 3. The molecule has 0 spiro atoms. The number of nitrogens with one attached hydrogen (secondary N) is 2. The lowest BCUT2D eigenvalue weighted by Crippen LogP contribution is -2.31. The largest absolute Gasteiger partial charge is 0.488 e. The predicted molar refractivity (Wildman–Crippen MR) is 86.3 cm³/mol. The maximum atomic E-state index is 13.5. The minimum Gasteiger partial charge on any atom is -0.488 e. The van der Waals surface area contributed by atoms with Crippen LogP contribution in [0, 0.1) is 5.82 Å². The predicted octanol–water partition coefficient (Wildman–Crippen LogP) is 2.56. The molecule has 7 nitrogen and oxygen atoms in total. The number of halogens is 1. The van der Waals surface area contributed by atoms with Crippen LogP contribution >= 0.6 is 0 Å². The molecule has 1 fully saturated rings. The summed E-state index contributed by atoms with van der Waals surface area (Å²) < 4.78 is 21.0. The molecule has 24 heavy (non-hydrogen) atoms. The number of ether oxygens (including phenoxy) is 1. The Morgan fingerprint density at radius 1 is 1.38 bits per heavy atom. The Balaban J connectivity index is 1.55. The third-order valence-corrected chi connectivity index (χ3v) is 3.89. The Hall–Kier alpha value is -2.64. The lowest BCUT2D eigenvalue weighted by atomic mass is 10.2. The molecule has 1 aliphatic carbocycles. The molecule has 1 aromatic carbocycles. The molecule has 1 aliphatic rings. The van der Waals surface area contributed by atoms with E-state index in [-0.39, 0.29) is 18.0 Å². The number of anilines is 1. The Labute approximate surface area is 139 Å². The average Bonchev–Trinajstić information content (AvgIpc) is 3.24. The lowest BCUT2D eigenvalue weighted by molar-refractivity contribution is 0.210. The van der Waals surface area contributed by atoms with Gasteiger partial charge in [-0.2, -0.15) is 0 Å². The summed E-state index contributed by atoms with van der Waals surface area (Å²) in [7, 11) is 0. The molecule has 0 aliphatic heterocycles. The van der Waals surface area contributed by atoms with E-state index in [9.17, 15) is 9.18 Å². The molecule has 3 rings (SSSR count). The first-order valence-electron chi connectivity index (χ1n) is 8.06. The summed E-state index contributed by atoms with van der Waals surface area (Å²) in [6.07, 6.45) is 7.53. The van der Waals surface area contributed by atoms with Crippen molar-refractivity contribution < 1.29 is 13.9 Å². The van der Waals surface area contributed by atoms with Crippen LogP contribution in [0.15, 0.2) is 30.6 Å². The minimum absolute atomic E-state index is 0.0859. The Morgan fingerprint density at radius 3 is 2.96 bits per heavy atom. The number of nitrogens with zero attached hydrogens (tertiary/aromatic N) is 3. The maximum Gasteiger partial charge on any atom is 0.319 e. The fourth-order valence-corrected chi connectivity index (χ4v) is 2.69. The molecule has 1 saturated carbocycles. The number of amides is 2. The monoisotopic (exact) mass is 333 g/mol. The van der Waals surface area contributed by atoms with E-state index in [1.807, 2.05) is 0 Å². The topological polar surface area (TPSA) is 81.1 Å². The molecule has 0 bridgehead atoms. The highest BCUT2D eigenvalue weighted by Crippen LogP contribution is 2.30. The molecule has 1 heterocycles. The van der Waals surface area contributed by atoms with Crippen LogP contribution in [0.25, 0.3) is 0 Å². The molecule has 1 aromatic heterocycles. The van der Waals surface area contributed by atoms with Crippen LogP contribution in [0.3, 0.4) is 0 Å². The van der Waals surface area contributed by atoms with Gasteiger partial charge in [0.05, 0.1) is 24.5 Å². The van der Waals surface area contributed by atoms with Crippen molar-refractivity contribution in [3.05, 3.63) is 36.4 Å². The van der Waals surface area contributed by atoms with Gasteiger partial charge in [0.15, 0.2) is 0 Å². The van der Waals surface area contributed by atoms with Crippen LogP contribution in [-0.2, 0) is 6.54 Å². The second-order valence-electron chi connectivity index (χ2n) is 5.71. The standard InChI is InChI=1S/C16H20FN5O2/c17-12-5-6-14(15(11-12)24-13-3-1-2-4-13)20-16(23)18-7-9-22-10-8-19-21-22/h5-6,8,10-11,13H,1-4,7,9H2,(H2,18,20,23). The number of carbonyl (C=O) groups excluding carboxylic acids is 1. The Morgan fingerprint density at radius 2 is 2.21 bits per heavy atom. The van der Waals surface area contributed by atoms with Gasteiger partial charge in [0.2, 0.25) is 0 Å². The van der Waals surface area contributed by atoms with Gasteiger partial charge < -0.3 is 15.4 Å². The van der Waals surface area contributed by atoms with Gasteiger partial charge in [0.25, 0.3) is 0 Å². The SMILES string of the molecule is O=C(NCCn1ccnn1)Nc1ccc(F)cc1OC1CCCC1. The van der Waals surface area contributed by atoms with Crippen molar-refractivity contribution in [2.75, 3.05) is 11.9 Å². The van der Waals surface area contributed by atoms with E-state index in [2.05, 4.69) is 20.9 Å². The molecule has 0 atom stereocenters. The summed E-state index contributed by atoms with van der Waals surface area (Å²) in [6.45, 7) is 0.914. The smallest absolute Gasteiger partial charge is 0.319 e. The van der Waals surface area contributed by atoms with E-state index >= 15 is 0 Å². The third-order valence-electron chi connectivity index (χ3n) is 3.89. The van der Waals surface area contributed by atoms with Gasteiger partial charge in [0.1, 0.15) is 11.6 Å². The number of benzene rings is 1. The highest BCUT2D eigenvalue weighted by atomic mass is 19.1. The molecule has 2 N–H and O–H groups in total. The zero-order chi connectivity index (χ0) is 16.8. The van der Waals surface area contributed by atoms with E-state index in [0.717, 1.165) is 25.7 Å². The summed E-state index contributed by atoms with van der Waals surface area (Å²) >= 11 is 0. The first kappa shape index (κ1) is 16.2. The van der Waals surface area contributed by atoms with Crippen LogP contribution < -0.4 is 15.4 Å². The first-order chi connectivity index (χ1) is 11.7. The van der Waals surface area contributed by atoms with E-state index in [0.29, 0.717) is 24.5 Å². The minimum atomic E-state index is -0.389. The zero-order valence-corrected chi connectivity index (χ0v) is 13.2. The lowest BCUT2D eigenvalue weighted by Gasteiger charge is -2.17. The quantitative estimate of drug-likeness (QED) is 0.851. The number of rotatable bonds is 6. The van der Waals surface area contributed by atoms with Gasteiger partial charge in [-0.1, -0.05) is 5.21 Å². The molecule has 8 heteroatoms. The summed E-state index contributed by atoms with van der Waals surface area (Å²) in [5.74, 6) is -0.0199.